The Balaban J connectivity index is 2.98. The minimum absolute atomic E-state index is 1.44. The van der Waals surface area contributed by atoms with Crippen molar-refractivity contribution in [2.75, 3.05) is 0 Å². The molecule has 0 spiro atoms. The molecule has 0 unspecified atom stereocenters. The van der Waals surface area contributed by atoms with Crippen LogP contribution in [0.25, 0.3) is 0 Å². The van der Waals surface area contributed by atoms with Crippen LogP contribution in [-0.2, 0) is 0 Å². The molecule has 16 heteroatoms. The van der Waals surface area contributed by atoms with Crippen molar-refractivity contribution in [2.24, 2.45) is 0 Å². The van der Waals surface area contributed by atoms with Crippen LogP contribution in [0.5, 0.6) is 0 Å². The highest BCUT2D eigenvalue weighted by atomic mass is 31.3. The molecule has 0 saturated carbocycles. The van der Waals surface area contributed by atoms with E-state index in [1.165, 1.54) is 19.4 Å². The van der Waals surface area contributed by atoms with Crippen molar-refractivity contribution >= 4 is 32.1 Å². The van der Waals surface area contributed by atoms with Gasteiger partial charge in [-0.25, -0.2) is 0 Å². The molecular weight excluding hydrogens is 308 g/mol. The molecule has 0 atom stereocenters. The molecule has 0 amide bonds. The summed E-state index contributed by atoms with van der Waals surface area (Å²) in [5.74, 6) is 0. The molecule has 1 fully saturated rings. The second kappa shape index (κ2) is 4.41. The zero-order valence-corrected chi connectivity index (χ0v) is 10.9. The van der Waals surface area contributed by atoms with Crippen molar-refractivity contribution in [3.63, 3.8) is 0 Å². The highest BCUT2D eigenvalue weighted by molar-refractivity contribution is 7.91. The van der Waals surface area contributed by atoms with E-state index in [0.29, 0.717) is 0 Å². The predicted molar refractivity (Wildman–Crippen MR) is 58.0 cm³/mol. The van der Waals surface area contributed by atoms with Crippen molar-refractivity contribution in [2.45, 2.75) is 0 Å². The van der Waals surface area contributed by atoms with Crippen LogP contribution in [0.1, 0.15) is 0 Å². The van der Waals surface area contributed by atoms with E-state index in [4.69, 9.17) is 39.1 Å². The summed E-state index contributed by atoms with van der Waals surface area (Å²) < 4.78 is 0. The largest absolute Gasteiger partial charge is 0.505 e. The highest BCUT2D eigenvalue weighted by Crippen LogP contribution is 2.71. The van der Waals surface area contributed by atoms with Gasteiger partial charge in [-0.3, -0.25) is 0 Å². The summed E-state index contributed by atoms with van der Waals surface area (Å²) in [7, 11) is -17.8. The molecule has 12 nitrogen and oxygen atoms in total. The molecule has 1 rings (SSSR count). The lowest BCUT2D eigenvalue weighted by Crippen LogP contribution is -2.42. The summed E-state index contributed by atoms with van der Waals surface area (Å²) in [6.07, 6.45) is 0. The van der Waals surface area contributed by atoms with Crippen LogP contribution in [0.3, 0.4) is 0 Å². The zero-order valence-electron chi connectivity index (χ0n) is 7.37. The molecule has 0 aromatic carbocycles. The summed E-state index contributed by atoms with van der Waals surface area (Å²) in [6, 6.07) is 0. The second-order valence-electron chi connectivity index (χ2n) is 2.80. The quantitative estimate of drug-likeness (QED) is 0.201. The van der Waals surface area contributed by atoms with Crippen LogP contribution in [0.2, 0.25) is 0 Å². The molecule has 1 aliphatic heterocycles. The fourth-order valence-corrected chi connectivity index (χ4v) is 9.41. The number of rotatable bonds is 0. The molecule has 0 radical (unpaired) electrons. The summed E-state index contributed by atoms with van der Waals surface area (Å²) in [5.41, 5.74) is 0. The molecule has 0 aromatic rings. The molecule has 12 N–H and O–H groups in total. The van der Waals surface area contributed by atoms with E-state index in [0.717, 1.165) is 0 Å². The maximum absolute atomic E-state index is 9.15. The summed E-state index contributed by atoms with van der Waals surface area (Å²) >= 11 is 0. The lowest BCUT2D eigenvalue weighted by molar-refractivity contribution is 0.370. The molecule has 0 aliphatic carbocycles. The lowest BCUT2D eigenvalue weighted by Gasteiger charge is -2.22. The van der Waals surface area contributed by atoms with Crippen LogP contribution in [0.4, 0.5) is 0 Å². The van der Waals surface area contributed by atoms with Gasteiger partial charge in [-0.2, -0.15) is 39.1 Å². The van der Waals surface area contributed by atoms with Crippen molar-refractivity contribution in [1.29, 1.82) is 0 Å². The van der Waals surface area contributed by atoms with Gasteiger partial charge in [0.15, 0.2) is 0 Å². The van der Waals surface area contributed by atoms with E-state index in [1.54, 1.807) is 0 Å². The predicted octanol–water partition coefficient (Wildman–Crippen LogP) is -2.99. The average molecular weight is 320 g/mol. The summed E-state index contributed by atoms with van der Waals surface area (Å²) in [5, 5.41) is 0. The Morgan fingerprint density at radius 3 is 0.625 bits per heavy atom. The van der Waals surface area contributed by atoms with Crippen molar-refractivity contribution in [3.05, 3.63) is 0 Å². The summed E-state index contributed by atoms with van der Waals surface area (Å²) in [4.78, 5) is 79.0. The third-order valence-corrected chi connectivity index (χ3v) is 10.0. The maximum Gasteiger partial charge on any atom is 0.505 e. The van der Waals surface area contributed by atoms with E-state index >= 15 is 0 Å². The van der Waals surface area contributed by atoms with Gasteiger partial charge in [0, 0.05) is 0 Å². The minimum Gasteiger partial charge on any atom is -0.183 e. The first kappa shape index (κ1) is 15.3. The Kier molecular flexibility index (Phi) is 4.22. The van der Waals surface area contributed by atoms with Gasteiger partial charge in [-0.1, -0.05) is 0 Å². The van der Waals surface area contributed by atoms with Gasteiger partial charge in [0.05, 0.1) is 19.4 Å². The van der Waals surface area contributed by atoms with Gasteiger partial charge in [0.1, 0.15) is 0 Å². The number of hydrogen-bond acceptors (Lipinski definition) is 12. The van der Waals surface area contributed by atoms with Crippen molar-refractivity contribution in [1.82, 2.24) is 19.4 Å². The Morgan fingerprint density at radius 1 is 0.375 bits per heavy atom. The smallest absolute Gasteiger partial charge is 0.183 e. The Morgan fingerprint density at radius 2 is 0.500 bits per heavy atom. The zero-order chi connectivity index (χ0) is 12.8. The highest BCUT2D eigenvalue weighted by Gasteiger charge is 2.72. The number of hydrogen-bond donors (Lipinski definition) is 12. The molecule has 1 aliphatic rings. The Hall–Kier alpha value is 1.24. The first-order valence-corrected chi connectivity index (χ1v) is 10.2. The Bertz CT molecular complexity index is 205. The van der Waals surface area contributed by atoms with Gasteiger partial charge in [0.25, 0.3) is 0 Å². The Labute approximate surface area is 91.4 Å². The first-order chi connectivity index (χ1) is 6.83. The van der Waals surface area contributed by atoms with E-state index in [1.807, 2.05) is 0 Å². The van der Waals surface area contributed by atoms with Gasteiger partial charge < -0.3 is 0 Å². The number of nitrogens with one attached hydrogen (secondary N) is 4. The fraction of sp³-hybridized carbons (Fsp3) is 0. The van der Waals surface area contributed by atoms with Gasteiger partial charge in [-0.05, 0) is 0 Å². The van der Waals surface area contributed by atoms with Crippen molar-refractivity contribution < 1.29 is 39.1 Å². The van der Waals surface area contributed by atoms with E-state index in [-0.39, 0.29) is 0 Å². The molecule has 96 valence electrons. The van der Waals surface area contributed by atoms with Crippen LogP contribution >= 0.6 is 32.1 Å². The standard InChI is InChI=1S/H12N4O8P4/c5-13(6)1-14(7,8)3-16(11,12)4-15(9,10)2-13/h1-12H/q+4. The van der Waals surface area contributed by atoms with E-state index < -0.39 is 32.1 Å². The van der Waals surface area contributed by atoms with Crippen LogP contribution in [-0.4, -0.2) is 39.1 Å². The maximum atomic E-state index is 9.15. The molecule has 0 bridgehead atoms. The van der Waals surface area contributed by atoms with Gasteiger partial charge >= 0.3 is 32.1 Å². The SMILES string of the molecule is O[P+]1(O)N[P+](O)(O)N[P+](O)(O)N[P+](O)(O)N1. The molecule has 0 aromatic heterocycles. The van der Waals surface area contributed by atoms with E-state index in [2.05, 4.69) is 0 Å². The molecular formula is H12N4O8P4+4. The fourth-order valence-electron chi connectivity index (χ4n) is 0.867. The normalized spacial score (nSPS) is 31.5. The lowest BCUT2D eigenvalue weighted by atomic mass is 13.8. The average Bonchev–Trinajstić information content (AvgIpc) is 1.67. The summed E-state index contributed by atoms with van der Waals surface area (Å²) in [6.45, 7) is 0. The molecule has 1 heterocycles. The van der Waals surface area contributed by atoms with E-state index in [9.17, 15) is 0 Å². The third kappa shape index (κ3) is 4.85. The van der Waals surface area contributed by atoms with Crippen molar-refractivity contribution in [3.8, 4) is 0 Å². The third-order valence-electron chi connectivity index (χ3n) is 1.12. The van der Waals surface area contributed by atoms with Crippen LogP contribution in [0, 0.1) is 0 Å². The first-order valence-electron chi connectivity index (χ1n) is 3.39. The minimum atomic E-state index is -4.44. The molecule has 16 heavy (non-hydrogen) atoms. The van der Waals surface area contributed by atoms with Gasteiger partial charge in [-0.15, -0.1) is 0 Å². The van der Waals surface area contributed by atoms with Gasteiger partial charge in [0.2, 0.25) is 0 Å². The second-order valence-corrected chi connectivity index (χ2v) is 10.8. The van der Waals surface area contributed by atoms with Crippen LogP contribution in [0.15, 0.2) is 0 Å². The van der Waals surface area contributed by atoms with Crippen LogP contribution < -0.4 is 19.4 Å². The topological polar surface area (TPSA) is 210 Å². The monoisotopic (exact) mass is 320 g/mol. The molecule has 1 saturated heterocycles.